The maximum atomic E-state index is 6.13. The Morgan fingerprint density at radius 3 is 2.48 bits per heavy atom. The van der Waals surface area contributed by atoms with Gasteiger partial charge in [-0.05, 0) is 42.4 Å². The first kappa shape index (κ1) is 14.3. The number of hydrogen-bond donors (Lipinski definition) is 1. The third kappa shape index (κ3) is 2.88. The van der Waals surface area contributed by atoms with Crippen molar-refractivity contribution in [3.8, 4) is 0 Å². The normalized spacial score (nSPS) is 12.5. The predicted octanol–water partition coefficient (Wildman–Crippen LogP) is 4.85. The van der Waals surface area contributed by atoms with Crippen LogP contribution in [0.3, 0.4) is 0 Å². The van der Waals surface area contributed by atoms with E-state index >= 15 is 0 Å². The second-order valence-corrected chi connectivity index (χ2v) is 5.67. The maximum Gasteiger partial charge on any atom is 0.0705 e. The van der Waals surface area contributed by atoms with Crippen LogP contribution in [0.2, 0.25) is 10.0 Å². The molecule has 0 spiro atoms. The van der Waals surface area contributed by atoms with Crippen molar-refractivity contribution in [2.24, 2.45) is 0 Å². The van der Waals surface area contributed by atoms with Crippen molar-refractivity contribution in [2.45, 2.75) is 6.04 Å². The molecule has 0 aliphatic carbocycles. The van der Waals surface area contributed by atoms with Gasteiger partial charge in [0.1, 0.15) is 0 Å². The highest BCUT2D eigenvalue weighted by Gasteiger charge is 2.14. The van der Waals surface area contributed by atoms with E-state index in [-0.39, 0.29) is 6.04 Å². The van der Waals surface area contributed by atoms with E-state index in [1.807, 2.05) is 31.3 Å². The molecule has 1 heterocycles. The molecule has 4 heteroatoms. The van der Waals surface area contributed by atoms with E-state index < -0.39 is 0 Å². The molecule has 1 unspecified atom stereocenters. The van der Waals surface area contributed by atoms with Gasteiger partial charge in [-0.15, -0.1) is 0 Å². The van der Waals surface area contributed by atoms with Crippen LogP contribution in [0.25, 0.3) is 10.9 Å². The van der Waals surface area contributed by atoms with Crippen LogP contribution in [0.4, 0.5) is 0 Å². The first-order valence-electron chi connectivity index (χ1n) is 6.66. The molecule has 1 N–H and O–H groups in total. The Labute approximate surface area is 133 Å². The van der Waals surface area contributed by atoms with Crippen molar-refractivity contribution in [3.63, 3.8) is 0 Å². The Morgan fingerprint density at radius 1 is 0.952 bits per heavy atom. The van der Waals surface area contributed by atoms with Crippen molar-refractivity contribution in [2.75, 3.05) is 7.05 Å². The minimum absolute atomic E-state index is 0.0474. The molecule has 0 amide bonds. The van der Waals surface area contributed by atoms with E-state index in [9.17, 15) is 0 Å². The zero-order valence-corrected chi connectivity index (χ0v) is 13.0. The van der Waals surface area contributed by atoms with Crippen molar-refractivity contribution in [3.05, 3.63) is 75.9 Å². The molecule has 0 aliphatic heterocycles. The van der Waals surface area contributed by atoms with E-state index in [0.29, 0.717) is 10.0 Å². The van der Waals surface area contributed by atoms with Crippen LogP contribution in [0.5, 0.6) is 0 Å². The number of nitrogens with one attached hydrogen (secondary N) is 1. The maximum absolute atomic E-state index is 6.13. The second kappa shape index (κ2) is 6.02. The molecule has 1 atom stereocenters. The minimum atomic E-state index is 0.0474. The van der Waals surface area contributed by atoms with Crippen LogP contribution >= 0.6 is 23.2 Å². The van der Waals surface area contributed by atoms with E-state index in [1.165, 1.54) is 0 Å². The molecular formula is C17H14Cl2N2. The summed E-state index contributed by atoms with van der Waals surface area (Å²) in [4.78, 5) is 4.41. The summed E-state index contributed by atoms with van der Waals surface area (Å²) in [5.41, 5.74) is 3.19. The summed E-state index contributed by atoms with van der Waals surface area (Å²) in [6.45, 7) is 0. The molecule has 21 heavy (non-hydrogen) atoms. The number of aromatic nitrogens is 1. The quantitative estimate of drug-likeness (QED) is 0.747. The van der Waals surface area contributed by atoms with E-state index in [4.69, 9.17) is 23.2 Å². The van der Waals surface area contributed by atoms with Gasteiger partial charge in [0.25, 0.3) is 0 Å². The Kier molecular flexibility index (Phi) is 4.11. The van der Waals surface area contributed by atoms with Gasteiger partial charge in [-0.3, -0.25) is 4.98 Å². The van der Waals surface area contributed by atoms with Gasteiger partial charge in [-0.1, -0.05) is 47.5 Å². The lowest BCUT2D eigenvalue weighted by Gasteiger charge is -2.18. The van der Waals surface area contributed by atoms with E-state index in [1.54, 1.807) is 6.20 Å². The molecule has 0 bridgehead atoms. The summed E-state index contributed by atoms with van der Waals surface area (Å²) in [6, 6.07) is 16.0. The lowest BCUT2D eigenvalue weighted by molar-refractivity contribution is 0.692. The Hall–Kier alpha value is -1.61. The molecule has 1 aromatic heterocycles. The molecule has 106 valence electrons. The minimum Gasteiger partial charge on any atom is -0.309 e. The monoisotopic (exact) mass is 316 g/mol. The van der Waals surface area contributed by atoms with E-state index in [2.05, 4.69) is 34.6 Å². The highest BCUT2D eigenvalue weighted by Crippen LogP contribution is 2.29. The third-order valence-electron chi connectivity index (χ3n) is 3.53. The SMILES string of the molecule is CNC(c1ccc(Cl)c(Cl)c1)c1ccc2cccnc2c1. The Balaban J connectivity index is 2.06. The summed E-state index contributed by atoms with van der Waals surface area (Å²) >= 11 is 12.1. The Bertz CT molecular complexity index is 787. The topological polar surface area (TPSA) is 24.9 Å². The van der Waals surface area contributed by atoms with Gasteiger partial charge in [0.2, 0.25) is 0 Å². The van der Waals surface area contributed by atoms with Crippen LogP contribution in [0.15, 0.2) is 54.7 Å². The Morgan fingerprint density at radius 2 is 1.71 bits per heavy atom. The van der Waals surface area contributed by atoms with Crippen LogP contribution < -0.4 is 5.32 Å². The largest absolute Gasteiger partial charge is 0.309 e. The molecule has 3 rings (SSSR count). The number of nitrogens with zero attached hydrogens (tertiary/aromatic N) is 1. The smallest absolute Gasteiger partial charge is 0.0705 e. The summed E-state index contributed by atoms with van der Waals surface area (Å²) in [5.74, 6) is 0. The molecule has 0 fully saturated rings. The van der Waals surface area contributed by atoms with Crippen LogP contribution in [0, 0.1) is 0 Å². The van der Waals surface area contributed by atoms with Gasteiger partial charge in [0.15, 0.2) is 0 Å². The summed E-state index contributed by atoms with van der Waals surface area (Å²) < 4.78 is 0. The highest BCUT2D eigenvalue weighted by atomic mass is 35.5. The lowest BCUT2D eigenvalue weighted by atomic mass is 9.97. The molecular weight excluding hydrogens is 303 g/mol. The highest BCUT2D eigenvalue weighted by molar-refractivity contribution is 6.42. The first-order chi connectivity index (χ1) is 10.2. The van der Waals surface area contributed by atoms with Crippen LogP contribution in [-0.2, 0) is 0 Å². The fraction of sp³-hybridized carbons (Fsp3) is 0.118. The fourth-order valence-electron chi connectivity index (χ4n) is 2.48. The molecule has 0 aliphatic rings. The van der Waals surface area contributed by atoms with Gasteiger partial charge in [-0.25, -0.2) is 0 Å². The number of rotatable bonds is 3. The zero-order chi connectivity index (χ0) is 14.8. The molecule has 2 aromatic carbocycles. The zero-order valence-electron chi connectivity index (χ0n) is 11.5. The van der Waals surface area contributed by atoms with Crippen LogP contribution in [-0.4, -0.2) is 12.0 Å². The standard InChI is InChI=1S/C17H14Cl2N2/c1-20-17(12-6-7-14(18)15(19)9-12)13-5-4-11-3-2-8-21-16(11)10-13/h2-10,17,20H,1H3. The summed E-state index contributed by atoms with van der Waals surface area (Å²) in [7, 11) is 1.93. The number of fused-ring (bicyclic) bond motifs is 1. The summed E-state index contributed by atoms with van der Waals surface area (Å²) in [6.07, 6.45) is 1.81. The summed E-state index contributed by atoms with van der Waals surface area (Å²) in [5, 5.41) is 5.57. The predicted molar refractivity (Wildman–Crippen MR) is 89.1 cm³/mol. The molecule has 3 aromatic rings. The molecule has 2 nitrogen and oxygen atoms in total. The molecule has 0 radical (unpaired) electrons. The van der Waals surface area contributed by atoms with Gasteiger partial charge in [0.05, 0.1) is 21.6 Å². The molecule has 0 saturated heterocycles. The van der Waals surface area contributed by atoms with Gasteiger partial charge < -0.3 is 5.32 Å². The third-order valence-corrected chi connectivity index (χ3v) is 4.27. The number of halogens is 2. The van der Waals surface area contributed by atoms with Crippen molar-refractivity contribution in [1.82, 2.24) is 10.3 Å². The van der Waals surface area contributed by atoms with Gasteiger partial charge in [0, 0.05) is 11.6 Å². The van der Waals surface area contributed by atoms with Crippen molar-refractivity contribution >= 4 is 34.1 Å². The average Bonchev–Trinajstić information content (AvgIpc) is 2.51. The number of benzene rings is 2. The van der Waals surface area contributed by atoms with Gasteiger partial charge in [-0.2, -0.15) is 0 Å². The van der Waals surface area contributed by atoms with Crippen molar-refractivity contribution < 1.29 is 0 Å². The number of pyridine rings is 1. The van der Waals surface area contributed by atoms with Gasteiger partial charge >= 0.3 is 0 Å². The fourth-order valence-corrected chi connectivity index (χ4v) is 2.79. The first-order valence-corrected chi connectivity index (χ1v) is 7.41. The van der Waals surface area contributed by atoms with Crippen molar-refractivity contribution in [1.29, 1.82) is 0 Å². The molecule has 0 saturated carbocycles. The van der Waals surface area contributed by atoms with Crippen LogP contribution in [0.1, 0.15) is 17.2 Å². The lowest BCUT2D eigenvalue weighted by Crippen LogP contribution is -2.17. The van der Waals surface area contributed by atoms with E-state index in [0.717, 1.165) is 22.0 Å². The second-order valence-electron chi connectivity index (χ2n) is 4.85. The average molecular weight is 317 g/mol. The number of hydrogen-bond acceptors (Lipinski definition) is 2.